The van der Waals surface area contributed by atoms with Crippen molar-refractivity contribution in [1.29, 1.82) is 0 Å². The van der Waals surface area contributed by atoms with E-state index in [1.165, 1.54) is 13.3 Å². The number of thioether (sulfide) groups is 1. The van der Waals surface area contributed by atoms with E-state index in [4.69, 9.17) is 0 Å². The van der Waals surface area contributed by atoms with Crippen molar-refractivity contribution in [1.82, 2.24) is 5.43 Å². The first-order valence-electron chi connectivity index (χ1n) is 6.46. The van der Waals surface area contributed by atoms with Crippen LogP contribution in [0.2, 0.25) is 0 Å². The molecule has 0 radical (unpaired) electrons. The molecule has 1 rings (SSSR count). The number of carbonyl (C=O) groups is 2. The minimum absolute atomic E-state index is 0.0464. The molecule has 21 heavy (non-hydrogen) atoms. The van der Waals surface area contributed by atoms with Crippen molar-refractivity contribution in [2.24, 2.45) is 5.10 Å². The van der Waals surface area contributed by atoms with Crippen molar-refractivity contribution >= 4 is 29.9 Å². The molecule has 0 atom stereocenters. The number of nitrogens with zero attached hydrogens (tertiary/aromatic N) is 1. The van der Waals surface area contributed by atoms with E-state index in [0.717, 1.165) is 5.56 Å². The molecule has 1 amide bonds. The van der Waals surface area contributed by atoms with Gasteiger partial charge in [-0.25, -0.2) is 10.2 Å². The van der Waals surface area contributed by atoms with Gasteiger partial charge in [0.15, 0.2) is 0 Å². The first-order chi connectivity index (χ1) is 9.81. The quantitative estimate of drug-likeness (QED) is 0.515. The Morgan fingerprint density at radius 3 is 2.43 bits per heavy atom. The van der Waals surface area contributed by atoms with Crippen LogP contribution < -0.4 is 5.43 Å². The summed E-state index contributed by atoms with van der Waals surface area (Å²) in [7, 11) is 1.34. The number of nitrogens with one attached hydrogen (secondary N) is 1. The van der Waals surface area contributed by atoms with E-state index in [1.807, 2.05) is 0 Å². The van der Waals surface area contributed by atoms with Crippen molar-refractivity contribution < 1.29 is 14.3 Å². The third kappa shape index (κ3) is 6.94. The Morgan fingerprint density at radius 2 is 1.90 bits per heavy atom. The summed E-state index contributed by atoms with van der Waals surface area (Å²) in [6, 6.07) is 6.74. The molecule has 0 fully saturated rings. The molecule has 6 heteroatoms. The van der Waals surface area contributed by atoms with Crippen LogP contribution in [-0.2, 0) is 9.53 Å². The molecular weight excluding hydrogens is 288 g/mol. The number of carbonyl (C=O) groups excluding carboxylic acids is 2. The van der Waals surface area contributed by atoms with Gasteiger partial charge in [-0.3, -0.25) is 4.79 Å². The van der Waals surface area contributed by atoms with Crippen LogP contribution in [-0.4, -0.2) is 35.7 Å². The van der Waals surface area contributed by atoms with E-state index in [9.17, 15) is 9.59 Å². The molecule has 0 aliphatic carbocycles. The predicted molar refractivity (Wildman–Crippen MR) is 85.7 cm³/mol. The summed E-state index contributed by atoms with van der Waals surface area (Å²) in [6.07, 6.45) is 1.53. The lowest BCUT2D eigenvalue weighted by Crippen LogP contribution is -2.22. The van der Waals surface area contributed by atoms with E-state index in [0.29, 0.717) is 11.3 Å². The van der Waals surface area contributed by atoms with Gasteiger partial charge in [-0.2, -0.15) is 5.10 Å². The molecule has 0 saturated heterocycles. The number of ether oxygens (including phenoxy) is 1. The van der Waals surface area contributed by atoms with Crippen LogP contribution in [0.1, 0.15) is 36.7 Å². The third-order valence-corrected chi connectivity index (χ3v) is 3.64. The van der Waals surface area contributed by atoms with Crippen LogP contribution in [0.5, 0.6) is 0 Å². The molecule has 0 spiro atoms. The number of amides is 1. The van der Waals surface area contributed by atoms with E-state index in [-0.39, 0.29) is 16.6 Å². The fraction of sp³-hybridized carbons (Fsp3) is 0.400. The lowest BCUT2D eigenvalue weighted by atomic mass is 10.1. The normalized spacial score (nSPS) is 11.4. The second-order valence-corrected chi connectivity index (χ2v) is 7.11. The van der Waals surface area contributed by atoms with Crippen LogP contribution in [0.15, 0.2) is 29.4 Å². The molecular formula is C15H20N2O3S. The van der Waals surface area contributed by atoms with Gasteiger partial charge in [0.25, 0.3) is 0 Å². The second-order valence-electron chi connectivity index (χ2n) is 5.31. The van der Waals surface area contributed by atoms with Gasteiger partial charge in [-0.05, 0) is 17.7 Å². The molecule has 0 aromatic heterocycles. The highest BCUT2D eigenvalue weighted by Gasteiger charge is 2.12. The second kappa shape index (κ2) is 7.83. The highest BCUT2D eigenvalue weighted by molar-refractivity contribution is 8.01. The maximum absolute atomic E-state index is 11.6. The smallest absolute Gasteiger partial charge is 0.337 e. The topological polar surface area (TPSA) is 67.8 Å². The highest BCUT2D eigenvalue weighted by atomic mass is 32.2. The number of rotatable bonds is 5. The van der Waals surface area contributed by atoms with Gasteiger partial charge < -0.3 is 4.74 Å². The molecule has 1 N–H and O–H groups in total. The van der Waals surface area contributed by atoms with Gasteiger partial charge in [0.1, 0.15) is 0 Å². The summed E-state index contributed by atoms with van der Waals surface area (Å²) < 4.78 is 4.66. The van der Waals surface area contributed by atoms with Gasteiger partial charge in [-0.15, -0.1) is 11.8 Å². The molecule has 0 bridgehead atoms. The first kappa shape index (κ1) is 17.2. The predicted octanol–water partition coefficient (Wildman–Crippen LogP) is 2.46. The first-order valence-corrected chi connectivity index (χ1v) is 7.44. The maximum Gasteiger partial charge on any atom is 0.337 e. The molecule has 0 unspecified atom stereocenters. The lowest BCUT2D eigenvalue weighted by Gasteiger charge is -2.16. The van der Waals surface area contributed by atoms with Crippen molar-refractivity contribution in [2.45, 2.75) is 25.5 Å². The minimum Gasteiger partial charge on any atom is -0.465 e. The van der Waals surface area contributed by atoms with Crippen LogP contribution in [0.25, 0.3) is 0 Å². The van der Waals surface area contributed by atoms with Crippen LogP contribution >= 0.6 is 11.8 Å². The van der Waals surface area contributed by atoms with E-state index in [1.54, 1.807) is 36.0 Å². The third-order valence-electron chi connectivity index (χ3n) is 2.37. The van der Waals surface area contributed by atoms with E-state index < -0.39 is 0 Å². The number of hydrogen-bond acceptors (Lipinski definition) is 5. The van der Waals surface area contributed by atoms with E-state index in [2.05, 4.69) is 36.0 Å². The van der Waals surface area contributed by atoms with Crippen LogP contribution in [0.3, 0.4) is 0 Å². The number of methoxy groups -OCH3 is 1. The Labute approximate surface area is 129 Å². The zero-order valence-corrected chi connectivity index (χ0v) is 13.5. The van der Waals surface area contributed by atoms with Gasteiger partial charge in [0.05, 0.1) is 24.6 Å². The minimum atomic E-state index is -0.383. The SMILES string of the molecule is COC(=O)c1ccc(C=NNC(=O)CSC(C)(C)C)cc1. The van der Waals surface area contributed by atoms with Gasteiger partial charge in [0, 0.05) is 4.75 Å². The Kier molecular flexibility index (Phi) is 6.42. The number of hydrogen-bond donors (Lipinski definition) is 1. The molecule has 114 valence electrons. The Balaban J connectivity index is 2.46. The van der Waals surface area contributed by atoms with Crippen LogP contribution in [0, 0.1) is 0 Å². The fourth-order valence-corrected chi connectivity index (χ4v) is 1.94. The average Bonchev–Trinajstić information content (AvgIpc) is 2.44. The van der Waals surface area contributed by atoms with Crippen molar-refractivity contribution in [2.75, 3.05) is 12.9 Å². The van der Waals surface area contributed by atoms with Crippen molar-refractivity contribution in [3.05, 3.63) is 35.4 Å². The van der Waals surface area contributed by atoms with Gasteiger partial charge in [0.2, 0.25) is 5.91 Å². The van der Waals surface area contributed by atoms with Gasteiger partial charge in [-0.1, -0.05) is 32.9 Å². The number of benzene rings is 1. The monoisotopic (exact) mass is 308 g/mol. The molecule has 0 aliphatic rings. The highest BCUT2D eigenvalue weighted by Crippen LogP contribution is 2.22. The van der Waals surface area contributed by atoms with Gasteiger partial charge >= 0.3 is 5.97 Å². The Bertz CT molecular complexity index is 519. The summed E-state index contributed by atoms with van der Waals surface area (Å²) in [6.45, 7) is 6.16. The molecule has 0 saturated carbocycles. The van der Waals surface area contributed by atoms with Crippen LogP contribution in [0.4, 0.5) is 0 Å². The summed E-state index contributed by atoms with van der Waals surface area (Å²) >= 11 is 1.56. The standard InChI is InChI=1S/C15H20N2O3S/c1-15(2,3)21-10-13(18)17-16-9-11-5-7-12(8-6-11)14(19)20-4/h5-9H,10H2,1-4H3,(H,17,18). The molecule has 1 aromatic carbocycles. The fourth-order valence-electron chi connectivity index (χ4n) is 1.32. The summed E-state index contributed by atoms with van der Waals surface area (Å²) in [4.78, 5) is 22.8. The zero-order chi connectivity index (χ0) is 15.9. The van der Waals surface area contributed by atoms with Crippen molar-refractivity contribution in [3.8, 4) is 0 Å². The summed E-state index contributed by atoms with van der Waals surface area (Å²) in [5.41, 5.74) is 3.73. The number of esters is 1. The average molecular weight is 308 g/mol. The molecule has 0 heterocycles. The molecule has 0 aliphatic heterocycles. The Morgan fingerprint density at radius 1 is 1.29 bits per heavy atom. The van der Waals surface area contributed by atoms with Crippen molar-refractivity contribution in [3.63, 3.8) is 0 Å². The summed E-state index contributed by atoms with van der Waals surface area (Å²) in [5, 5.41) is 3.88. The number of hydrazone groups is 1. The Hall–Kier alpha value is -1.82. The molecule has 5 nitrogen and oxygen atoms in total. The molecule has 1 aromatic rings. The van der Waals surface area contributed by atoms with E-state index >= 15 is 0 Å². The largest absolute Gasteiger partial charge is 0.465 e. The lowest BCUT2D eigenvalue weighted by molar-refractivity contribution is -0.118. The summed E-state index contributed by atoms with van der Waals surface area (Å²) in [5.74, 6) is -0.161. The zero-order valence-electron chi connectivity index (χ0n) is 12.7. The maximum atomic E-state index is 11.6.